The van der Waals surface area contributed by atoms with Crippen molar-refractivity contribution in [3.05, 3.63) is 65.2 Å². The smallest absolute Gasteiger partial charge is 0.322 e. The van der Waals surface area contributed by atoms with Gasteiger partial charge in [0.1, 0.15) is 5.82 Å². The van der Waals surface area contributed by atoms with Gasteiger partial charge in [0.05, 0.1) is 28.7 Å². The van der Waals surface area contributed by atoms with Crippen LogP contribution in [-0.4, -0.2) is 29.1 Å². The van der Waals surface area contributed by atoms with Crippen LogP contribution in [0.4, 0.5) is 4.39 Å². The molecule has 0 aliphatic heterocycles. The van der Waals surface area contributed by atoms with Gasteiger partial charge in [0.25, 0.3) is 0 Å². The number of benzene rings is 1. The molecule has 1 atom stereocenters. The van der Waals surface area contributed by atoms with E-state index < -0.39 is 17.0 Å². The van der Waals surface area contributed by atoms with Gasteiger partial charge in [-0.05, 0) is 24.6 Å². The molecular weight excluding hydrogens is 377 g/mol. The summed E-state index contributed by atoms with van der Waals surface area (Å²) >= 11 is 4.61. The van der Waals surface area contributed by atoms with Crippen LogP contribution in [-0.2, 0) is 16.9 Å². The molecule has 132 valence electrons. The molecule has 0 saturated heterocycles. The zero-order valence-electron chi connectivity index (χ0n) is 13.6. The summed E-state index contributed by atoms with van der Waals surface area (Å²) in [6.45, 7) is 1.83. The van der Waals surface area contributed by atoms with Crippen molar-refractivity contribution >= 4 is 33.8 Å². The lowest BCUT2D eigenvalue weighted by Crippen LogP contribution is -2.09. The second-order valence-corrected chi connectivity index (χ2v) is 7.46. The molecule has 0 aliphatic carbocycles. The molecule has 6 nitrogen and oxygen atoms in total. The lowest BCUT2D eigenvalue weighted by Gasteiger charge is -2.09. The largest absolute Gasteiger partial charge is 0.609 e. The third-order valence-electron chi connectivity index (χ3n) is 4.04. The highest BCUT2D eigenvalue weighted by atomic mass is 35.5. The molecule has 9 heteroatoms. The van der Waals surface area contributed by atoms with Gasteiger partial charge in [-0.1, -0.05) is 11.6 Å². The van der Waals surface area contributed by atoms with Gasteiger partial charge in [-0.3, -0.25) is 9.97 Å². The predicted octanol–water partition coefficient (Wildman–Crippen LogP) is 3.55. The van der Waals surface area contributed by atoms with Crippen molar-refractivity contribution < 1.29 is 8.94 Å². The first kappa shape index (κ1) is 17.0. The Labute approximate surface area is 156 Å². The van der Waals surface area contributed by atoms with E-state index in [4.69, 9.17) is 11.6 Å². The number of rotatable bonds is 4. The molecule has 0 fully saturated rings. The van der Waals surface area contributed by atoms with Crippen LogP contribution in [0.1, 0.15) is 11.3 Å². The molecule has 26 heavy (non-hydrogen) atoms. The van der Waals surface area contributed by atoms with E-state index >= 15 is 0 Å². The summed E-state index contributed by atoms with van der Waals surface area (Å²) in [5, 5.41) is 0.840. The van der Waals surface area contributed by atoms with E-state index in [1.165, 1.54) is 12.4 Å². The highest BCUT2D eigenvalue weighted by Crippen LogP contribution is 2.24. The fourth-order valence-electron chi connectivity index (χ4n) is 2.59. The maximum Gasteiger partial charge on any atom is 0.322 e. The van der Waals surface area contributed by atoms with E-state index in [-0.39, 0.29) is 10.9 Å². The number of aromatic nitrogens is 5. The maximum absolute atomic E-state index is 14.3. The number of pyridine rings is 1. The van der Waals surface area contributed by atoms with Crippen LogP contribution in [0, 0.1) is 12.7 Å². The summed E-state index contributed by atoms with van der Waals surface area (Å²) in [6.07, 6.45) is 6.29. The first-order valence-corrected chi connectivity index (χ1v) is 9.38. The number of hydrogen-bond acceptors (Lipinski definition) is 4. The Morgan fingerprint density at radius 1 is 1.35 bits per heavy atom. The third kappa shape index (κ3) is 3.07. The van der Waals surface area contributed by atoms with Gasteiger partial charge in [0, 0.05) is 40.9 Å². The molecular formula is C17H13ClFN5OS. The Morgan fingerprint density at radius 3 is 2.96 bits per heavy atom. The van der Waals surface area contributed by atoms with Crippen molar-refractivity contribution in [2.24, 2.45) is 0 Å². The van der Waals surface area contributed by atoms with Gasteiger partial charge in [0.15, 0.2) is 5.75 Å². The fraction of sp³-hybridized carbons (Fsp3) is 0.118. The zero-order valence-corrected chi connectivity index (χ0v) is 15.2. The van der Waals surface area contributed by atoms with E-state index in [0.29, 0.717) is 27.4 Å². The highest BCUT2D eigenvalue weighted by molar-refractivity contribution is 7.90. The molecule has 4 aromatic rings. The van der Waals surface area contributed by atoms with Gasteiger partial charge < -0.3 is 9.12 Å². The molecule has 3 aromatic heterocycles. The minimum absolute atomic E-state index is 0.170. The number of halogens is 2. The number of hydrogen-bond donors (Lipinski definition) is 1. The first-order valence-electron chi connectivity index (χ1n) is 7.69. The van der Waals surface area contributed by atoms with E-state index in [2.05, 4.69) is 19.9 Å². The SMILES string of the molecule is Cc1c(Cl)ccnc1C[S+]([O-])c1nc2cc(-n3ccnc3)c(F)cc2[nH]1. The number of nitrogens with one attached hydrogen (secondary N) is 1. The molecule has 0 aliphatic rings. The standard InChI is InChI=1S/C17H13ClFN5OS/c1-10-11(18)2-3-21-15(10)8-26(25)17-22-13-6-12(19)16(7-14(13)23-17)24-5-4-20-9-24/h2-7,9H,8H2,1H3,(H,22,23). The molecule has 0 bridgehead atoms. The van der Waals surface area contributed by atoms with Crippen molar-refractivity contribution in [2.45, 2.75) is 17.8 Å². The van der Waals surface area contributed by atoms with Gasteiger partial charge in [-0.15, -0.1) is 0 Å². The molecule has 1 aromatic carbocycles. The van der Waals surface area contributed by atoms with Crippen LogP contribution in [0.15, 0.2) is 48.3 Å². The molecule has 1 N–H and O–H groups in total. The van der Waals surface area contributed by atoms with Crippen molar-refractivity contribution in [1.29, 1.82) is 0 Å². The monoisotopic (exact) mass is 389 g/mol. The predicted molar refractivity (Wildman–Crippen MR) is 97.3 cm³/mol. The van der Waals surface area contributed by atoms with Gasteiger partial charge in [-0.2, -0.15) is 4.98 Å². The molecule has 0 spiro atoms. The Hall–Kier alpha value is -2.42. The van der Waals surface area contributed by atoms with Crippen LogP contribution < -0.4 is 0 Å². The van der Waals surface area contributed by atoms with Gasteiger partial charge >= 0.3 is 5.16 Å². The lowest BCUT2D eigenvalue weighted by atomic mass is 10.2. The first-order chi connectivity index (χ1) is 12.5. The average Bonchev–Trinajstić information content (AvgIpc) is 3.27. The third-order valence-corrected chi connectivity index (χ3v) is 5.61. The normalized spacial score (nSPS) is 12.6. The Bertz CT molecular complexity index is 1080. The zero-order chi connectivity index (χ0) is 18.3. The maximum atomic E-state index is 14.3. The van der Waals surface area contributed by atoms with E-state index in [1.807, 2.05) is 6.92 Å². The summed E-state index contributed by atoms with van der Waals surface area (Å²) in [5.74, 6) is -0.257. The highest BCUT2D eigenvalue weighted by Gasteiger charge is 2.21. The minimum atomic E-state index is -1.46. The van der Waals surface area contributed by atoms with Gasteiger partial charge in [-0.25, -0.2) is 9.37 Å². The molecule has 4 rings (SSSR count). The number of fused-ring (bicyclic) bond motifs is 1. The number of imidazole rings is 2. The second-order valence-electron chi connectivity index (χ2n) is 5.69. The number of nitrogens with zero attached hydrogens (tertiary/aromatic N) is 4. The average molecular weight is 390 g/mol. The van der Waals surface area contributed by atoms with Crippen molar-refractivity contribution in [2.75, 3.05) is 0 Å². The van der Waals surface area contributed by atoms with Crippen LogP contribution in [0.2, 0.25) is 5.02 Å². The molecule has 0 radical (unpaired) electrons. The second kappa shape index (κ2) is 6.71. The van der Waals surface area contributed by atoms with Gasteiger partial charge in [0.2, 0.25) is 0 Å². The fourth-order valence-corrected chi connectivity index (χ4v) is 3.86. The number of aromatic amines is 1. The van der Waals surface area contributed by atoms with Crippen LogP contribution in [0.3, 0.4) is 0 Å². The Balaban J connectivity index is 1.67. The minimum Gasteiger partial charge on any atom is -0.609 e. The van der Waals surface area contributed by atoms with Crippen LogP contribution in [0.5, 0.6) is 0 Å². The van der Waals surface area contributed by atoms with E-state index in [0.717, 1.165) is 5.56 Å². The topological polar surface area (TPSA) is 82.4 Å². The molecule has 0 saturated carbocycles. The van der Waals surface area contributed by atoms with Crippen molar-refractivity contribution in [3.8, 4) is 5.69 Å². The molecule has 0 amide bonds. The lowest BCUT2D eigenvalue weighted by molar-refractivity contribution is 0.586. The summed E-state index contributed by atoms with van der Waals surface area (Å²) in [5.41, 5.74) is 2.75. The summed E-state index contributed by atoms with van der Waals surface area (Å²) in [6, 6.07) is 4.61. The van der Waals surface area contributed by atoms with E-state index in [1.54, 1.807) is 35.3 Å². The number of H-pyrrole nitrogens is 1. The molecule has 1 unspecified atom stereocenters. The summed E-state index contributed by atoms with van der Waals surface area (Å²) in [7, 11) is 0. The van der Waals surface area contributed by atoms with Crippen molar-refractivity contribution in [3.63, 3.8) is 0 Å². The Morgan fingerprint density at radius 2 is 2.19 bits per heavy atom. The van der Waals surface area contributed by atoms with Crippen molar-refractivity contribution in [1.82, 2.24) is 24.5 Å². The quantitative estimate of drug-likeness (QED) is 0.541. The van der Waals surface area contributed by atoms with Crippen LogP contribution in [0.25, 0.3) is 16.7 Å². The van der Waals surface area contributed by atoms with Crippen LogP contribution >= 0.6 is 11.6 Å². The Kier molecular flexibility index (Phi) is 4.39. The van der Waals surface area contributed by atoms with E-state index in [9.17, 15) is 8.94 Å². The molecule has 3 heterocycles. The summed E-state index contributed by atoms with van der Waals surface area (Å²) in [4.78, 5) is 15.4. The summed E-state index contributed by atoms with van der Waals surface area (Å²) < 4.78 is 28.6.